The lowest BCUT2D eigenvalue weighted by atomic mass is 9.80. The summed E-state index contributed by atoms with van der Waals surface area (Å²) in [6.07, 6.45) is 7.92. The SMILES string of the molecule is O=C(NC1C2CC1N(c1ncnc3ccsc13)C2)c1cn2cccnc2n1. The van der Waals surface area contributed by atoms with Crippen molar-refractivity contribution in [3.8, 4) is 0 Å². The maximum atomic E-state index is 12.7. The zero-order valence-electron chi connectivity index (χ0n) is 14.2. The summed E-state index contributed by atoms with van der Waals surface area (Å²) in [5.41, 5.74) is 1.38. The van der Waals surface area contributed by atoms with Crippen LogP contribution in [0.25, 0.3) is 16.0 Å². The van der Waals surface area contributed by atoms with E-state index in [9.17, 15) is 4.79 Å². The number of aromatic nitrogens is 5. The molecule has 2 bridgehead atoms. The summed E-state index contributed by atoms with van der Waals surface area (Å²) < 4.78 is 2.87. The normalized spacial score (nSPS) is 23.7. The van der Waals surface area contributed by atoms with Gasteiger partial charge in [-0.05, 0) is 23.9 Å². The van der Waals surface area contributed by atoms with Gasteiger partial charge in [0.15, 0.2) is 0 Å². The molecule has 3 atom stereocenters. The van der Waals surface area contributed by atoms with Crippen molar-refractivity contribution < 1.29 is 4.79 Å². The molecule has 8 nitrogen and oxygen atoms in total. The summed E-state index contributed by atoms with van der Waals surface area (Å²) in [6, 6.07) is 4.23. The molecule has 134 valence electrons. The van der Waals surface area contributed by atoms with E-state index in [0.29, 0.717) is 17.4 Å². The van der Waals surface area contributed by atoms with E-state index < -0.39 is 0 Å². The van der Waals surface area contributed by atoms with Crippen molar-refractivity contribution in [1.29, 1.82) is 0 Å². The van der Waals surface area contributed by atoms with Crippen LogP contribution in [0.4, 0.5) is 5.82 Å². The molecular formula is C18H15N7OS. The van der Waals surface area contributed by atoms with Gasteiger partial charge in [-0.15, -0.1) is 11.3 Å². The molecule has 0 spiro atoms. The van der Waals surface area contributed by atoms with Crippen molar-refractivity contribution in [2.75, 3.05) is 11.4 Å². The quantitative estimate of drug-likeness (QED) is 0.585. The Balaban J connectivity index is 1.25. The third-order valence-corrected chi connectivity index (χ3v) is 6.46. The number of hydrogen-bond acceptors (Lipinski definition) is 7. The molecule has 27 heavy (non-hydrogen) atoms. The lowest BCUT2D eigenvalue weighted by molar-refractivity contribution is 0.0889. The Labute approximate surface area is 157 Å². The number of carbonyl (C=O) groups excluding carboxylic acids is 1. The summed E-state index contributed by atoms with van der Waals surface area (Å²) >= 11 is 1.66. The summed E-state index contributed by atoms with van der Waals surface area (Å²) in [5.74, 6) is 1.81. The number of anilines is 1. The minimum atomic E-state index is -0.147. The van der Waals surface area contributed by atoms with Gasteiger partial charge in [-0.2, -0.15) is 0 Å². The second-order valence-electron chi connectivity index (χ2n) is 7.00. The fourth-order valence-corrected chi connectivity index (χ4v) is 5.07. The monoisotopic (exact) mass is 377 g/mol. The number of nitrogens with zero attached hydrogens (tertiary/aromatic N) is 6. The van der Waals surface area contributed by atoms with Crippen LogP contribution in [0.1, 0.15) is 16.9 Å². The zero-order chi connectivity index (χ0) is 18.0. The maximum absolute atomic E-state index is 12.7. The molecule has 1 amide bonds. The van der Waals surface area contributed by atoms with Gasteiger partial charge in [-0.3, -0.25) is 9.20 Å². The van der Waals surface area contributed by atoms with E-state index >= 15 is 0 Å². The minimum Gasteiger partial charge on any atom is -0.350 e. The first kappa shape index (κ1) is 15.0. The van der Waals surface area contributed by atoms with E-state index in [1.165, 1.54) is 0 Å². The first-order valence-corrected chi connectivity index (χ1v) is 9.71. The Morgan fingerprint density at radius 3 is 3.19 bits per heavy atom. The van der Waals surface area contributed by atoms with Crippen LogP contribution in [0.15, 0.2) is 42.4 Å². The fraction of sp³-hybridized carbons (Fsp3) is 0.278. The molecule has 3 unspecified atom stereocenters. The second kappa shape index (κ2) is 5.46. The topological polar surface area (TPSA) is 88.3 Å². The summed E-state index contributed by atoms with van der Waals surface area (Å²) in [7, 11) is 0. The summed E-state index contributed by atoms with van der Waals surface area (Å²) in [4.78, 5) is 32.3. The van der Waals surface area contributed by atoms with E-state index in [2.05, 4.69) is 30.2 Å². The molecular weight excluding hydrogens is 362 g/mol. The van der Waals surface area contributed by atoms with E-state index in [1.54, 1.807) is 34.5 Å². The Morgan fingerprint density at radius 2 is 2.26 bits per heavy atom. The first-order chi connectivity index (χ1) is 13.3. The van der Waals surface area contributed by atoms with Crippen molar-refractivity contribution in [1.82, 2.24) is 29.7 Å². The maximum Gasteiger partial charge on any atom is 0.271 e. The predicted molar refractivity (Wildman–Crippen MR) is 101 cm³/mol. The second-order valence-corrected chi connectivity index (χ2v) is 7.92. The first-order valence-electron chi connectivity index (χ1n) is 8.83. The molecule has 3 aliphatic rings. The molecule has 1 aliphatic carbocycles. The van der Waals surface area contributed by atoms with Gasteiger partial charge in [0.2, 0.25) is 5.78 Å². The van der Waals surface area contributed by atoms with Crippen molar-refractivity contribution in [2.45, 2.75) is 18.5 Å². The smallest absolute Gasteiger partial charge is 0.271 e. The highest BCUT2D eigenvalue weighted by atomic mass is 32.1. The lowest BCUT2D eigenvalue weighted by Gasteiger charge is -2.37. The van der Waals surface area contributed by atoms with Crippen LogP contribution in [0, 0.1) is 5.92 Å². The van der Waals surface area contributed by atoms with Crippen molar-refractivity contribution >= 4 is 39.1 Å². The number of rotatable bonds is 3. The van der Waals surface area contributed by atoms with Gasteiger partial charge in [-0.1, -0.05) is 0 Å². The van der Waals surface area contributed by atoms with Crippen LogP contribution in [-0.2, 0) is 0 Å². The molecule has 4 aromatic rings. The van der Waals surface area contributed by atoms with E-state index in [1.807, 2.05) is 23.7 Å². The van der Waals surface area contributed by atoms with Crippen molar-refractivity contribution in [3.63, 3.8) is 0 Å². The highest BCUT2D eigenvalue weighted by molar-refractivity contribution is 7.17. The van der Waals surface area contributed by atoms with Gasteiger partial charge < -0.3 is 10.2 Å². The number of thiophene rings is 1. The molecule has 4 aromatic heterocycles. The van der Waals surface area contributed by atoms with Gasteiger partial charge in [0.05, 0.1) is 22.3 Å². The Morgan fingerprint density at radius 1 is 1.30 bits per heavy atom. The number of imidazole rings is 1. The molecule has 0 aromatic carbocycles. The summed E-state index contributed by atoms with van der Waals surface area (Å²) in [5, 5.41) is 5.21. The average molecular weight is 377 g/mol. The predicted octanol–water partition coefficient (Wildman–Crippen LogP) is 1.74. The van der Waals surface area contributed by atoms with E-state index in [4.69, 9.17) is 0 Å². The van der Waals surface area contributed by atoms with Gasteiger partial charge in [0, 0.05) is 31.1 Å². The van der Waals surface area contributed by atoms with Gasteiger partial charge >= 0.3 is 0 Å². The molecule has 0 radical (unpaired) electrons. The third kappa shape index (κ3) is 2.18. The molecule has 3 fully saturated rings. The molecule has 2 saturated heterocycles. The van der Waals surface area contributed by atoms with Crippen LogP contribution >= 0.6 is 11.3 Å². The average Bonchev–Trinajstić information content (AvgIpc) is 3.46. The van der Waals surface area contributed by atoms with E-state index in [-0.39, 0.29) is 18.0 Å². The standard InChI is InChI=1S/C18H15N7OS/c26-17(12-8-24-4-1-3-19-18(24)22-12)23-14-10-6-13(14)25(7-10)16-15-11(2-5-27-15)20-9-21-16/h1-5,8-10,13-14H,6-7H2,(H,23,26). The zero-order valence-corrected chi connectivity index (χ0v) is 15.0. The van der Waals surface area contributed by atoms with Gasteiger partial charge in [0.25, 0.3) is 5.91 Å². The highest BCUT2D eigenvalue weighted by Gasteiger charge is 2.53. The minimum absolute atomic E-state index is 0.125. The van der Waals surface area contributed by atoms with E-state index in [0.717, 1.165) is 29.0 Å². The Hall–Kier alpha value is -3.07. The van der Waals surface area contributed by atoms with Crippen molar-refractivity contribution in [3.05, 3.63) is 48.1 Å². The Bertz CT molecular complexity index is 1150. The van der Waals surface area contributed by atoms with Gasteiger partial charge in [-0.25, -0.2) is 19.9 Å². The number of nitrogens with one attached hydrogen (secondary N) is 1. The Kier molecular flexibility index (Phi) is 3.04. The third-order valence-electron chi connectivity index (χ3n) is 5.56. The number of fused-ring (bicyclic) bond motifs is 3. The number of hydrogen-bond donors (Lipinski definition) is 1. The number of carbonyl (C=O) groups is 1. The largest absolute Gasteiger partial charge is 0.350 e. The fourth-order valence-electron chi connectivity index (χ4n) is 4.22. The molecule has 1 N–H and O–H groups in total. The van der Waals surface area contributed by atoms with Crippen LogP contribution in [0.2, 0.25) is 0 Å². The molecule has 2 aliphatic heterocycles. The lowest BCUT2D eigenvalue weighted by Crippen LogP contribution is -2.54. The van der Waals surface area contributed by atoms with Crippen LogP contribution in [-0.4, -0.2) is 48.9 Å². The molecule has 7 rings (SSSR count). The molecule has 9 heteroatoms. The molecule has 1 saturated carbocycles. The van der Waals surface area contributed by atoms with Gasteiger partial charge in [0.1, 0.15) is 17.8 Å². The number of amides is 1. The highest BCUT2D eigenvalue weighted by Crippen LogP contribution is 2.45. The molecule has 6 heterocycles. The van der Waals surface area contributed by atoms with Crippen LogP contribution < -0.4 is 10.2 Å². The van der Waals surface area contributed by atoms with Crippen LogP contribution in [0.3, 0.4) is 0 Å². The van der Waals surface area contributed by atoms with Crippen LogP contribution in [0.5, 0.6) is 0 Å². The summed E-state index contributed by atoms with van der Waals surface area (Å²) in [6.45, 7) is 0.909. The van der Waals surface area contributed by atoms with Crippen molar-refractivity contribution in [2.24, 2.45) is 5.92 Å².